The minimum absolute atomic E-state index is 0.0599. The monoisotopic (exact) mass is 250 g/mol. The maximum absolute atomic E-state index is 11.6. The van der Waals surface area contributed by atoms with Crippen molar-refractivity contribution in [3.63, 3.8) is 0 Å². The van der Waals surface area contributed by atoms with Gasteiger partial charge in [0, 0.05) is 6.20 Å². The van der Waals surface area contributed by atoms with Crippen molar-refractivity contribution in [2.75, 3.05) is 0 Å². The number of carboxylic acids is 1. The molecule has 0 atom stereocenters. The molecule has 1 amide bonds. The Morgan fingerprint density at radius 3 is 3.00 bits per heavy atom. The Morgan fingerprint density at radius 2 is 2.33 bits per heavy atom. The van der Waals surface area contributed by atoms with Gasteiger partial charge in [-0.3, -0.25) is 4.79 Å². The standard InChI is InChI=1S/C9H10N6O3/c16-8(10-4-7-11-13-14-12-7)5-15-3-1-2-6(15)9(17)18/h1-3H,4-5H2,(H,10,16)(H,17,18)(H,11,12,13,14). The number of carbonyl (C=O) groups is 2. The van der Waals surface area contributed by atoms with Gasteiger partial charge in [-0.05, 0) is 12.1 Å². The first kappa shape index (κ1) is 11.8. The summed E-state index contributed by atoms with van der Waals surface area (Å²) in [7, 11) is 0. The lowest BCUT2D eigenvalue weighted by Gasteiger charge is -2.06. The average molecular weight is 250 g/mol. The van der Waals surface area contributed by atoms with Crippen molar-refractivity contribution < 1.29 is 14.7 Å². The van der Waals surface area contributed by atoms with Gasteiger partial charge in [0.05, 0.1) is 6.54 Å². The van der Waals surface area contributed by atoms with Gasteiger partial charge < -0.3 is 15.0 Å². The van der Waals surface area contributed by atoms with Gasteiger partial charge in [0.2, 0.25) is 5.91 Å². The summed E-state index contributed by atoms with van der Waals surface area (Å²) in [5.74, 6) is -1.06. The first-order chi connectivity index (χ1) is 8.66. The predicted molar refractivity (Wildman–Crippen MR) is 57.4 cm³/mol. The zero-order valence-corrected chi connectivity index (χ0v) is 9.20. The first-order valence-electron chi connectivity index (χ1n) is 5.04. The number of carbonyl (C=O) groups excluding carboxylic acids is 1. The molecule has 0 unspecified atom stereocenters. The second-order valence-electron chi connectivity index (χ2n) is 3.43. The Balaban J connectivity index is 1.91. The fraction of sp³-hybridized carbons (Fsp3) is 0.222. The lowest BCUT2D eigenvalue weighted by atomic mass is 10.4. The molecule has 2 aromatic rings. The zero-order valence-electron chi connectivity index (χ0n) is 9.20. The summed E-state index contributed by atoms with van der Waals surface area (Å²) in [4.78, 5) is 22.4. The van der Waals surface area contributed by atoms with Crippen LogP contribution in [0.1, 0.15) is 16.3 Å². The summed E-state index contributed by atoms with van der Waals surface area (Å²) in [6, 6.07) is 2.99. The van der Waals surface area contributed by atoms with Crippen LogP contribution in [0.3, 0.4) is 0 Å². The predicted octanol–water partition coefficient (Wildman–Crippen LogP) is -0.984. The minimum Gasteiger partial charge on any atom is -0.477 e. The molecule has 0 saturated carbocycles. The van der Waals surface area contributed by atoms with Gasteiger partial charge in [-0.1, -0.05) is 5.21 Å². The molecule has 2 rings (SSSR count). The third-order valence-corrected chi connectivity index (χ3v) is 2.20. The van der Waals surface area contributed by atoms with Crippen LogP contribution in [0.2, 0.25) is 0 Å². The molecule has 0 bridgehead atoms. The van der Waals surface area contributed by atoms with Gasteiger partial charge in [-0.2, -0.15) is 5.21 Å². The average Bonchev–Trinajstić information content (AvgIpc) is 2.96. The van der Waals surface area contributed by atoms with Crippen LogP contribution in [0.5, 0.6) is 0 Å². The number of tetrazole rings is 1. The van der Waals surface area contributed by atoms with Gasteiger partial charge in [-0.25, -0.2) is 4.79 Å². The van der Waals surface area contributed by atoms with E-state index in [0.29, 0.717) is 5.82 Å². The van der Waals surface area contributed by atoms with Crippen LogP contribution >= 0.6 is 0 Å². The van der Waals surface area contributed by atoms with Gasteiger partial charge in [-0.15, -0.1) is 10.2 Å². The summed E-state index contributed by atoms with van der Waals surface area (Å²) >= 11 is 0. The van der Waals surface area contributed by atoms with Gasteiger partial charge in [0.15, 0.2) is 5.82 Å². The summed E-state index contributed by atoms with van der Waals surface area (Å²) < 4.78 is 1.34. The first-order valence-corrected chi connectivity index (χ1v) is 5.04. The van der Waals surface area contributed by atoms with Crippen LogP contribution in [-0.2, 0) is 17.9 Å². The lowest BCUT2D eigenvalue weighted by Crippen LogP contribution is -2.28. The van der Waals surface area contributed by atoms with E-state index in [2.05, 4.69) is 25.9 Å². The Hall–Kier alpha value is -2.71. The number of aromatic amines is 1. The molecule has 0 aliphatic carbocycles. The molecular formula is C9H10N6O3. The molecule has 2 heterocycles. The molecule has 0 radical (unpaired) electrons. The van der Waals surface area contributed by atoms with Gasteiger partial charge >= 0.3 is 5.97 Å². The second kappa shape index (κ2) is 5.08. The summed E-state index contributed by atoms with van der Waals surface area (Å²) in [6.07, 6.45) is 1.53. The SMILES string of the molecule is O=C(Cn1cccc1C(=O)O)NCc1nn[nH]n1. The number of nitrogens with one attached hydrogen (secondary N) is 2. The highest BCUT2D eigenvalue weighted by Gasteiger charge is 2.11. The maximum atomic E-state index is 11.6. The van der Waals surface area contributed by atoms with E-state index in [1.165, 1.54) is 16.8 Å². The minimum atomic E-state index is -1.08. The molecule has 0 fully saturated rings. The van der Waals surface area contributed by atoms with E-state index in [4.69, 9.17) is 5.11 Å². The lowest BCUT2D eigenvalue weighted by molar-refractivity contribution is -0.121. The Kier molecular flexibility index (Phi) is 3.32. The number of hydrogen-bond acceptors (Lipinski definition) is 5. The summed E-state index contributed by atoms with van der Waals surface area (Å²) in [5.41, 5.74) is 0.0599. The van der Waals surface area contributed by atoms with Gasteiger partial charge in [0.1, 0.15) is 12.2 Å². The molecule has 0 aromatic carbocycles. The van der Waals surface area contributed by atoms with Crippen molar-refractivity contribution in [2.45, 2.75) is 13.1 Å². The number of rotatable bonds is 5. The number of carboxylic acid groups (broad SMARTS) is 1. The van der Waals surface area contributed by atoms with Crippen molar-refractivity contribution in [1.82, 2.24) is 30.5 Å². The molecule has 18 heavy (non-hydrogen) atoms. The fourth-order valence-corrected chi connectivity index (χ4v) is 1.39. The Labute approximate surface area is 101 Å². The number of aromatic carboxylic acids is 1. The second-order valence-corrected chi connectivity index (χ2v) is 3.43. The number of aromatic nitrogens is 5. The molecule has 9 nitrogen and oxygen atoms in total. The fourth-order valence-electron chi connectivity index (χ4n) is 1.39. The van der Waals surface area contributed by atoms with Crippen LogP contribution < -0.4 is 5.32 Å². The van der Waals surface area contributed by atoms with E-state index < -0.39 is 5.97 Å². The van der Waals surface area contributed by atoms with Crippen molar-refractivity contribution in [3.05, 3.63) is 29.8 Å². The quantitative estimate of drug-likeness (QED) is 0.625. The number of amides is 1. The molecular weight excluding hydrogens is 240 g/mol. The number of hydrogen-bond donors (Lipinski definition) is 3. The summed E-state index contributed by atoms with van der Waals surface area (Å²) in [6.45, 7) is 0.0610. The number of H-pyrrole nitrogens is 1. The van der Waals surface area contributed by atoms with E-state index in [-0.39, 0.29) is 24.7 Å². The van der Waals surface area contributed by atoms with Crippen molar-refractivity contribution >= 4 is 11.9 Å². The molecule has 9 heteroatoms. The van der Waals surface area contributed by atoms with E-state index in [9.17, 15) is 9.59 Å². The molecule has 2 aromatic heterocycles. The molecule has 0 aliphatic heterocycles. The largest absolute Gasteiger partial charge is 0.477 e. The van der Waals surface area contributed by atoms with Crippen molar-refractivity contribution in [3.8, 4) is 0 Å². The van der Waals surface area contributed by atoms with E-state index in [1.54, 1.807) is 6.07 Å². The highest BCUT2D eigenvalue weighted by molar-refractivity contribution is 5.86. The van der Waals surface area contributed by atoms with Crippen LogP contribution in [0, 0.1) is 0 Å². The van der Waals surface area contributed by atoms with E-state index in [0.717, 1.165) is 0 Å². The third-order valence-electron chi connectivity index (χ3n) is 2.20. The molecule has 94 valence electrons. The molecule has 0 saturated heterocycles. The van der Waals surface area contributed by atoms with E-state index >= 15 is 0 Å². The molecule has 0 aliphatic rings. The van der Waals surface area contributed by atoms with Gasteiger partial charge in [0.25, 0.3) is 0 Å². The Morgan fingerprint density at radius 1 is 1.50 bits per heavy atom. The number of nitrogens with zero attached hydrogens (tertiary/aromatic N) is 4. The van der Waals surface area contributed by atoms with Crippen LogP contribution in [-0.4, -0.2) is 42.2 Å². The zero-order chi connectivity index (χ0) is 13.0. The highest BCUT2D eigenvalue weighted by atomic mass is 16.4. The summed E-state index contributed by atoms with van der Waals surface area (Å²) in [5, 5.41) is 24.4. The Bertz CT molecular complexity index is 546. The third kappa shape index (κ3) is 2.70. The molecule has 0 spiro atoms. The maximum Gasteiger partial charge on any atom is 0.352 e. The highest BCUT2D eigenvalue weighted by Crippen LogP contribution is 2.01. The molecule has 3 N–H and O–H groups in total. The topological polar surface area (TPSA) is 126 Å². The van der Waals surface area contributed by atoms with Crippen molar-refractivity contribution in [1.29, 1.82) is 0 Å². The smallest absolute Gasteiger partial charge is 0.352 e. The van der Waals surface area contributed by atoms with Crippen LogP contribution in [0.4, 0.5) is 0 Å². The van der Waals surface area contributed by atoms with Crippen LogP contribution in [0.15, 0.2) is 18.3 Å². The van der Waals surface area contributed by atoms with Crippen LogP contribution in [0.25, 0.3) is 0 Å². The van der Waals surface area contributed by atoms with Crippen molar-refractivity contribution in [2.24, 2.45) is 0 Å². The van der Waals surface area contributed by atoms with E-state index in [1.807, 2.05) is 0 Å². The normalized spacial score (nSPS) is 10.2.